The average molecular weight is 322 g/mol. The van der Waals surface area contributed by atoms with Gasteiger partial charge in [0.05, 0.1) is 32.3 Å². The zero-order chi connectivity index (χ0) is 16.6. The third-order valence-electron chi connectivity index (χ3n) is 4.16. The molecule has 1 aromatic carbocycles. The van der Waals surface area contributed by atoms with Gasteiger partial charge in [0.15, 0.2) is 11.5 Å². The fraction of sp³-hybridized carbons (Fsp3) is 0.438. The minimum Gasteiger partial charge on any atom is -0.493 e. The van der Waals surface area contributed by atoms with E-state index in [4.69, 9.17) is 18.9 Å². The van der Waals surface area contributed by atoms with Gasteiger partial charge in [0.1, 0.15) is 0 Å². The largest absolute Gasteiger partial charge is 0.493 e. The zero-order valence-corrected chi connectivity index (χ0v) is 12.8. The number of methoxy groups -OCH3 is 2. The van der Waals surface area contributed by atoms with Crippen LogP contribution >= 0.6 is 0 Å². The van der Waals surface area contributed by atoms with Gasteiger partial charge in [-0.25, -0.2) is 0 Å². The van der Waals surface area contributed by atoms with Crippen molar-refractivity contribution < 1.29 is 34.0 Å². The second-order valence-electron chi connectivity index (χ2n) is 5.40. The number of hydrogen-bond acceptors (Lipinski definition) is 7. The summed E-state index contributed by atoms with van der Waals surface area (Å²) in [6.07, 6.45) is 0.766. The predicted octanol–water partition coefficient (Wildman–Crippen LogP) is 0.588. The van der Waals surface area contributed by atoms with E-state index < -0.39 is 30.0 Å². The molecule has 3 rings (SSSR count). The summed E-state index contributed by atoms with van der Waals surface area (Å²) in [6.45, 7) is 0.0947. The van der Waals surface area contributed by atoms with Crippen LogP contribution in [0, 0.1) is 5.92 Å². The maximum absolute atomic E-state index is 12.1. The van der Waals surface area contributed by atoms with Crippen LogP contribution in [0.25, 0.3) is 0 Å². The number of hydrogen-bond donors (Lipinski definition) is 2. The second kappa shape index (κ2) is 6.10. The van der Waals surface area contributed by atoms with Crippen LogP contribution in [0.5, 0.6) is 17.2 Å². The summed E-state index contributed by atoms with van der Waals surface area (Å²) in [6, 6.07) is 3.46. The number of allylic oxidation sites excluding steroid dienone is 1. The van der Waals surface area contributed by atoms with Crippen molar-refractivity contribution in [1.29, 1.82) is 0 Å². The van der Waals surface area contributed by atoms with Crippen LogP contribution in [0.2, 0.25) is 0 Å². The number of carbonyl (C=O) groups is 1. The Labute approximate surface area is 133 Å². The normalized spacial score (nSPS) is 28.5. The van der Waals surface area contributed by atoms with Crippen molar-refractivity contribution in [3.63, 3.8) is 0 Å². The van der Waals surface area contributed by atoms with Crippen LogP contribution in [-0.2, 0) is 9.53 Å². The number of benzene rings is 1. The standard InChI is InChI=1S/C16H18O7/c1-20-11-5-8(6-12-15(11)23-7-22-12)9-3-4-10(17)14(18)13(9)16(19)21-2/h3-6,9-10,13-14,17-18H,7H2,1-2H3/t9?,10-,13-,14-/m1/s1. The molecule has 2 aliphatic rings. The van der Waals surface area contributed by atoms with Gasteiger partial charge < -0.3 is 29.2 Å². The molecule has 1 aliphatic carbocycles. The molecule has 0 saturated heterocycles. The lowest BCUT2D eigenvalue weighted by molar-refractivity contribution is -0.153. The van der Waals surface area contributed by atoms with Crippen molar-refractivity contribution in [3.8, 4) is 17.2 Å². The molecule has 0 saturated carbocycles. The maximum Gasteiger partial charge on any atom is 0.312 e. The number of esters is 1. The predicted molar refractivity (Wildman–Crippen MR) is 78.5 cm³/mol. The Kier molecular flexibility index (Phi) is 4.14. The number of rotatable bonds is 3. The highest BCUT2D eigenvalue weighted by molar-refractivity contribution is 5.75. The number of carbonyl (C=O) groups excluding carboxylic acids is 1. The highest BCUT2D eigenvalue weighted by Crippen LogP contribution is 2.45. The highest BCUT2D eigenvalue weighted by Gasteiger charge is 2.41. The Morgan fingerprint density at radius 3 is 2.70 bits per heavy atom. The fourth-order valence-corrected chi connectivity index (χ4v) is 2.97. The van der Waals surface area contributed by atoms with E-state index in [-0.39, 0.29) is 6.79 Å². The first kappa shape index (κ1) is 15.6. The van der Waals surface area contributed by atoms with Gasteiger partial charge in [0.2, 0.25) is 12.5 Å². The van der Waals surface area contributed by atoms with E-state index in [0.717, 1.165) is 0 Å². The Hall–Kier alpha value is -2.25. The molecular weight excluding hydrogens is 304 g/mol. The van der Waals surface area contributed by atoms with E-state index in [1.165, 1.54) is 20.3 Å². The summed E-state index contributed by atoms with van der Waals surface area (Å²) in [4.78, 5) is 12.1. The molecule has 7 heteroatoms. The first-order chi connectivity index (χ1) is 11.1. The van der Waals surface area contributed by atoms with Crippen LogP contribution in [0.3, 0.4) is 0 Å². The molecule has 0 amide bonds. The van der Waals surface area contributed by atoms with Gasteiger partial charge >= 0.3 is 5.97 Å². The Morgan fingerprint density at radius 2 is 2.00 bits per heavy atom. The maximum atomic E-state index is 12.1. The van der Waals surface area contributed by atoms with Gasteiger partial charge in [-0.2, -0.15) is 0 Å². The molecule has 23 heavy (non-hydrogen) atoms. The number of fused-ring (bicyclic) bond motifs is 1. The third-order valence-corrected chi connectivity index (χ3v) is 4.16. The summed E-state index contributed by atoms with van der Waals surface area (Å²) in [5, 5.41) is 20.0. The average Bonchev–Trinajstić information content (AvgIpc) is 3.04. The van der Waals surface area contributed by atoms with E-state index in [9.17, 15) is 15.0 Å². The molecule has 0 fully saturated rings. The van der Waals surface area contributed by atoms with Crippen LogP contribution in [0.1, 0.15) is 11.5 Å². The lowest BCUT2D eigenvalue weighted by Crippen LogP contribution is -2.43. The summed E-state index contributed by atoms with van der Waals surface area (Å²) >= 11 is 0. The minimum absolute atomic E-state index is 0.0947. The van der Waals surface area contributed by atoms with Crippen LogP contribution in [-0.4, -0.2) is 49.4 Å². The van der Waals surface area contributed by atoms with Gasteiger partial charge in [0, 0.05) is 5.92 Å². The first-order valence-corrected chi connectivity index (χ1v) is 7.16. The summed E-state index contributed by atoms with van der Waals surface area (Å²) in [5.41, 5.74) is 0.698. The number of aliphatic hydroxyl groups is 2. The Balaban J connectivity index is 2.05. The molecule has 0 aromatic heterocycles. The molecule has 7 nitrogen and oxygen atoms in total. The van der Waals surface area contributed by atoms with E-state index >= 15 is 0 Å². The van der Waals surface area contributed by atoms with Crippen molar-refractivity contribution in [1.82, 2.24) is 0 Å². The Bertz CT molecular complexity index is 640. The lowest BCUT2D eigenvalue weighted by Gasteiger charge is -2.33. The fourth-order valence-electron chi connectivity index (χ4n) is 2.97. The smallest absolute Gasteiger partial charge is 0.312 e. The highest BCUT2D eigenvalue weighted by atomic mass is 16.7. The molecule has 4 atom stereocenters. The van der Waals surface area contributed by atoms with Crippen molar-refractivity contribution in [2.75, 3.05) is 21.0 Å². The zero-order valence-electron chi connectivity index (χ0n) is 12.8. The van der Waals surface area contributed by atoms with E-state index in [2.05, 4.69) is 0 Å². The first-order valence-electron chi connectivity index (χ1n) is 7.16. The molecule has 0 bridgehead atoms. The van der Waals surface area contributed by atoms with Gasteiger partial charge in [0.25, 0.3) is 0 Å². The van der Waals surface area contributed by atoms with E-state index in [0.29, 0.717) is 22.8 Å². The van der Waals surface area contributed by atoms with Gasteiger partial charge in [-0.3, -0.25) is 4.79 Å². The minimum atomic E-state index is -1.26. The summed E-state index contributed by atoms with van der Waals surface area (Å²) in [5.74, 6) is -0.507. The topological polar surface area (TPSA) is 94.5 Å². The molecule has 1 unspecified atom stereocenters. The molecular formula is C16H18O7. The third kappa shape index (κ3) is 2.62. The monoisotopic (exact) mass is 322 g/mol. The van der Waals surface area contributed by atoms with E-state index in [1.807, 2.05) is 0 Å². The Morgan fingerprint density at radius 1 is 1.22 bits per heavy atom. The molecule has 124 valence electrons. The SMILES string of the molecule is COC(=O)[C@@H]1C(c2cc(OC)c3c(c2)OCO3)C=C[C@@H](O)[C@H]1O. The van der Waals surface area contributed by atoms with Crippen molar-refractivity contribution in [2.45, 2.75) is 18.1 Å². The molecule has 1 heterocycles. The number of ether oxygens (including phenoxy) is 4. The van der Waals surface area contributed by atoms with Gasteiger partial charge in [-0.1, -0.05) is 12.2 Å². The molecule has 0 radical (unpaired) electrons. The van der Waals surface area contributed by atoms with Crippen molar-refractivity contribution in [2.24, 2.45) is 5.92 Å². The second-order valence-corrected chi connectivity index (χ2v) is 5.40. The summed E-state index contributed by atoms with van der Waals surface area (Å²) in [7, 11) is 2.76. The molecule has 2 N–H and O–H groups in total. The van der Waals surface area contributed by atoms with Crippen molar-refractivity contribution >= 4 is 5.97 Å². The van der Waals surface area contributed by atoms with Crippen LogP contribution in [0.15, 0.2) is 24.3 Å². The molecule has 0 spiro atoms. The molecule has 1 aromatic rings. The lowest BCUT2D eigenvalue weighted by atomic mass is 9.76. The molecule has 1 aliphatic heterocycles. The quantitative estimate of drug-likeness (QED) is 0.621. The van der Waals surface area contributed by atoms with Crippen LogP contribution in [0.4, 0.5) is 0 Å². The van der Waals surface area contributed by atoms with E-state index in [1.54, 1.807) is 18.2 Å². The van der Waals surface area contributed by atoms with Crippen LogP contribution < -0.4 is 14.2 Å². The van der Waals surface area contributed by atoms with Gasteiger partial charge in [-0.05, 0) is 17.7 Å². The number of aliphatic hydroxyl groups excluding tert-OH is 2. The summed E-state index contributed by atoms with van der Waals surface area (Å²) < 4.78 is 20.8. The van der Waals surface area contributed by atoms with Gasteiger partial charge in [-0.15, -0.1) is 0 Å². The van der Waals surface area contributed by atoms with Crippen molar-refractivity contribution in [3.05, 3.63) is 29.8 Å².